The number of nitrogens with zero attached hydrogens (tertiary/aromatic N) is 2. The van der Waals surface area contributed by atoms with E-state index in [0.717, 1.165) is 0 Å². The number of nitrogens with one attached hydrogen (secondary N) is 1. The van der Waals surface area contributed by atoms with Gasteiger partial charge in [0.2, 0.25) is 5.76 Å². The molecule has 0 spiro atoms. The third-order valence-electron chi connectivity index (χ3n) is 2.15. The lowest BCUT2D eigenvalue weighted by molar-refractivity contribution is 0.0987. The van der Waals surface area contributed by atoms with E-state index in [9.17, 15) is 4.79 Å². The molecular weight excluding hydrogens is 242 g/mol. The summed E-state index contributed by atoms with van der Waals surface area (Å²) in [6.45, 7) is 3.50. The molecule has 2 rings (SSSR count). The molecule has 6 heteroatoms. The van der Waals surface area contributed by atoms with Gasteiger partial charge in [0.25, 0.3) is 5.91 Å². The van der Waals surface area contributed by atoms with Crippen molar-refractivity contribution >= 4 is 23.2 Å². The number of amides is 1. The Morgan fingerprint density at radius 2 is 2.18 bits per heavy atom. The zero-order chi connectivity index (χ0) is 12.4. The number of halogens is 1. The van der Waals surface area contributed by atoms with Crippen LogP contribution in [-0.4, -0.2) is 16.0 Å². The van der Waals surface area contributed by atoms with Crippen molar-refractivity contribution in [1.29, 1.82) is 0 Å². The number of carbonyl (C=O) groups excluding carboxylic acids is 1. The maximum atomic E-state index is 11.8. The van der Waals surface area contributed by atoms with Crippen LogP contribution in [0.25, 0.3) is 0 Å². The average molecular weight is 252 g/mol. The van der Waals surface area contributed by atoms with Crippen LogP contribution in [0.1, 0.15) is 21.9 Å². The lowest BCUT2D eigenvalue weighted by Gasteiger charge is -2.05. The van der Waals surface area contributed by atoms with Gasteiger partial charge < -0.3 is 9.84 Å². The van der Waals surface area contributed by atoms with E-state index in [1.165, 1.54) is 0 Å². The normalized spacial score (nSPS) is 10.3. The van der Waals surface area contributed by atoms with Crippen LogP contribution in [0.2, 0.25) is 5.15 Å². The van der Waals surface area contributed by atoms with Crippen LogP contribution in [0.3, 0.4) is 0 Å². The van der Waals surface area contributed by atoms with Crippen LogP contribution in [-0.2, 0) is 0 Å². The Morgan fingerprint density at radius 3 is 2.76 bits per heavy atom. The minimum Gasteiger partial charge on any atom is -0.351 e. The molecule has 17 heavy (non-hydrogen) atoms. The molecule has 0 aliphatic heterocycles. The van der Waals surface area contributed by atoms with Crippen LogP contribution < -0.4 is 5.32 Å². The van der Waals surface area contributed by atoms with Crippen LogP contribution in [0, 0.1) is 13.8 Å². The molecule has 1 N–H and O–H groups in total. The van der Waals surface area contributed by atoms with Gasteiger partial charge in [0.05, 0.1) is 17.1 Å². The van der Waals surface area contributed by atoms with E-state index in [0.29, 0.717) is 22.2 Å². The number of aryl methyl sites for hydroxylation is 2. The predicted molar refractivity (Wildman–Crippen MR) is 63.2 cm³/mol. The summed E-state index contributed by atoms with van der Waals surface area (Å²) in [6, 6.07) is 4.86. The van der Waals surface area contributed by atoms with Crippen molar-refractivity contribution in [3.05, 3.63) is 40.5 Å². The first-order valence-corrected chi connectivity index (χ1v) is 5.32. The molecule has 0 bridgehead atoms. The van der Waals surface area contributed by atoms with Gasteiger partial charge in [-0.3, -0.25) is 4.79 Å². The fourth-order valence-electron chi connectivity index (χ4n) is 1.32. The van der Waals surface area contributed by atoms with E-state index < -0.39 is 0 Å². The fraction of sp³-hybridized carbons (Fsp3) is 0.182. The average Bonchev–Trinajstić information content (AvgIpc) is 2.69. The highest BCUT2D eigenvalue weighted by Crippen LogP contribution is 2.16. The number of hydrogen-bond acceptors (Lipinski definition) is 4. The summed E-state index contributed by atoms with van der Waals surface area (Å²) in [5.41, 5.74) is 1.89. The van der Waals surface area contributed by atoms with E-state index in [2.05, 4.69) is 15.5 Å². The van der Waals surface area contributed by atoms with E-state index in [-0.39, 0.29) is 11.7 Å². The molecule has 0 saturated carbocycles. The van der Waals surface area contributed by atoms with Gasteiger partial charge in [-0.25, -0.2) is 4.98 Å². The number of hydrogen-bond donors (Lipinski definition) is 1. The smallest absolute Gasteiger partial charge is 0.294 e. The lowest BCUT2D eigenvalue weighted by Crippen LogP contribution is -2.12. The summed E-state index contributed by atoms with van der Waals surface area (Å²) >= 11 is 5.72. The van der Waals surface area contributed by atoms with Crippen molar-refractivity contribution in [2.24, 2.45) is 0 Å². The lowest BCUT2D eigenvalue weighted by atomic mass is 10.3. The van der Waals surface area contributed by atoms with Crippen LogP contribution in [0.5, 0.6) is 0 Å². The summed E-state index contributed by atoms with van der Waals surface area (Å²) in [4.78, 5) is 15.8. The summed E-state index contributed by atoms with van der Waals surface area (Å²) in [5, 5.41) is 6.70. The fourth-order valence-corrected chi connectivity index (χ4v) is 1.51. The standard InChI is InChI=1S/C11H10ClN3O2/c1-6-5-9(17-15-6)11(16)14-8-3-4-10(12)13-7(8)2/h3-5H,1-2H3,(H,14,16). The third-order valence-corrected chi connectivity index (χ3v) is 2.36. The summed E-state index contributed by atoms with van der Waals surface area (Å²) in [5.74, 6) is -0.199. The highest BCUT2D eigenvalue weighted by molar-refractivity contribution is 6.29. The molecule has 0 unspecified atom stereocenters. The predicted octanol–water partition coefficient (Wildman–Crippen LogP) is 2.59. The Balaban J connectivity index is 2.18. The first-order valence-electron chi connectivity index (χ1n) is 4.94. The van der Waals surface area contributed by atoms with E-state index >= 15 is 0 Å². The third kappa shape index (κ3) is 2.62. The van der Waals surface area contributed by atoms with Crippen molar-refractivity contribution in [3.63, 3.8) is 0 Å². The van der Waals surface area contributed by atoms with Gasteiger partial charge in [0.15, 0.2) is 0 Å². The molecule has 2 aromatic rings. The van der Waals surface area contributed by atoms with Gasteiger partial charge >= 0.3 is 0 Å². The Bertz CT molecular complexity index is 566. The Hall–Kier alpha value is -1.88. The van der Waals surface area contributed by atoms with Gasteiger partial charge in [-0.15, -0.1) is 0 Å². The molecule has 0 aliphatic carbocycles. The Labute approximate surface area is 103 Å². The van der Waals surface area contributed by atoms with Gasteiger partial charge in [-0.2, -0.15) is 0 Å². The topological polar surface area (TPSA) is 68.0 Å². The van der Waals surface area contributed by atoms with E-state index in [4.69, 9.17) is 16.1 Å². The number of aromatic nitrogens is 2. The minimum absolute atomic E-state index is 0.164. The maximum Gasteiger partial charge on any atom is 0.294 e. The van der Waals surface area contributed by atoms with Gasteiger partial charge in [0.1, 0.15) is 5.15 Å². The summed E-state index contributed by atoms with van der Waals surface area (Å²) in [6.07, 6.45) is 0. The molecular formula is C11H10ClN3O2. The van der Waals surface area contributed by atoms with Crippen molar-refractivity contribution in [1.82, 2.24) is 10.1 Å². The van der Waals surface area contributed by atoms with Crippen molar-refractivity contribution < 1.29 is 9.32 Å². The molecule has 0 atom stereocenters. The molecule has 0 aromatic carbocycles. The summed E-state index contributed by atoms with van der Waals surface area (Å²) < 4.78 is 4.85. The first kappa shape index (κ1) is 11.6. The highest BCUT2D eigenvalue weighted by atomic mass is 35.5. The van der Waals surface area contributed by atoms with Gasteiger partial charge in [-0.05, 0) is 26.0 Å². The molecule has 88 valence electrons. The number of pyridine rings is 1. The maximum absolute atomic E-state index is 11.8. The Kier molecular flexibility index (Phi) is 3.10. The van der Waals surface area contributed by atoms with E-state index in [1.807, 2.05) is 0 Å². The SMILES string of the molecule is Cc1cc(C(=O)Nc2ccc(Cl)nc2C)on1. The zero-order valence-corrected chi connectivity index (χ0v) is 10.1. The second kappa shape index (κ2) is 4.55. The molecule has 5 nitrogen and oxygen atoms in total. The molecule has 2 heterocycles. The Morgan fingerprint density at radius 1 is 1.41 bits per heavy atom. The number of carbonyl (C=O) groups is 1. The molecule has 0 saturated heterocycles. The van der Waals surface area contributed by atoms with Crippen molar-refractivity contribution in [2.75, 3.05) is 5.32 Å². The number of rotatable bonds is 2. The van der Waals surface area contributed by atoms with Gasteiger partial charge in [-0.1, -0.05) is 16.8 Å². The molecule has 0 fully saturated rings. The minimum atomic E-state index is -0.363. The second-order valence-corrected chi connectivity index (χ2v) is 3.94. The molecule has 2 aromatic heterocycles. The molecule has 0 radical (unpaired) electrons. The molecule has 1 amide bonds. The second-order valence-electron chi connectivity index (χ2n) is 3.55. The van der Waals surface area contributed by atoms with E-state index in [1.54, 1.807) is 32.0 Å². The quantitative estimate of drug-likeness (QED) is 0.833. The van der Waals surface area contributed by atoms with Crippen molar-refractivity contribution in [3.8, 4) is 0 Å². The monoisotopic (exact) mass is 251 g/mol. The largest absolute Gasteiger partial charge is 0.351 e. The summed E-state index contributed by atoms with van der Waals surface area (Å²) in [7, 11) is 0. The van der Waals surface area contributed by atoms with Gasteiger partial charge in [0, 0.05) is 6.07 Å². The first-order chi connectivity index (χ1) is 8.06. The zero-order valence-electron chi connectivity index (χ0n) is 9.32. The highest BCUT2D eigenvalue weighted by Gasteiger charge is 2.13. The van der Waals surface area contributed by atoms with Crippen LogP contribution >= 0.6 is 11.6 Å². The van der Waals surface area contributed by atoms with Crippen LogP contribution in [0.4, 0.5) is 5.69 Å². The van der Waals surface area contributed by atoms with Crippen molar-refractivity contribution in [2.45, 2.75) is 13.8 Å². The molecule has 0 aliphatic rings. The van der Waals surface area contributed by atoms with Crippen LogP contribution in [0.15, 0.2) is 22.7 Å². The number of anilines is 1.